The average molecular weight is 412 g/mol. The molecule has 2 aromatic rings. The summed E-state index contributed by atoms with van der Waals surface area (Å²) in [4.78, 5) is 0. The van der Waals surface area contributed by atoms with E-state index in [4.69, 9.17) is 9.05 Å². The molecular formula is C18H23BrNO3P. The van der Waals surface area contributed by atoms with Gasteiger partial charge >= 0.3 is 7.60 Å². The van der Waals surface area contributed by atoms with E-state index >= 15 is 0 Å². The maximum atomic E-state index is 13.3. The lowest BCUT2D eigenvalue weighted by Crippen LogP contribution is -2.23. The van der Waals surface area contributed by atoms with Crippen LogP contribution in [0.2, 0.25) is 0 Å². The molecule has 0 aromatic heterocycles. The molecule has 1 N–H and O–H groups in total. The van der Waals surface area contributed by atoms with Crippen molar-refractivity contribution in [1.82, 2.24) is 5.32 Å². The second-order valence-electron chi connectivity index (χ2n) is 5.20. The van der Waals surface area contributed by atoms with Crippen LogP contribution in [0.1, 0.15) is 30.8 Å². The molecule has 0 fully saturated rings. The maximum absolute atomic E-state index is 13.3. The van der Waals surface area contributed by atoms with Gasteiger partial charge in [-0.3, -0.25) is 9.88 Å². The van der Waals surface area contributed by atoms with Gasteiger partial charge in [0.25, 0.3) is 0 Å². The molecule has 0 spiro atoms. The van der Waals surface area contributed by atoms with Crippen LogP contribution in [0, 0.1) is 0 Å². The van der Waals surface area contributed by atoms with Crippen LogP contribution in [0.3, 0.4) is 0 Å². The quantitative estimate of drug-likeness (QED) is 0.553. The van der Waals surface area contributed by atoms with Gasteiger partial charge in [-0.1, -0.05) is 58.4 Å². The third kappa shape index (κ3) is 5.27. The summed E-state index contributed by atoms with van der Waals surface area (Å²) >= 11 is 3.43. The molecule has 24 heavy (non-hydrogen) atoms. The minimum absolute atomic E-state index is 0.331. The van der Waals surface area contributed by atoms with Crippen molar-refractivity contribution in [3.8, 4) is 0 Å². The fourth-order valence-electron chi connectivity index (χ4n) is 2.41. The molecule has 0 saturated carbocycles. The molecule has 2 aromatic carbocycles. The van der Waals surface area contributed by atoms with Crippen LogP contribution in [-0.2, 0) is 20.2 Å². The van der Waals surface area contributed by atoms with Crippen LogP contribution in [0.4, 0.5) is 0 Å². The SMILES string of the molecule is CCOP(=O)(OCC)[C@@H](NCc1ccccc1)c1ccc(Br)cc1. The minimum Gasteiger partial charge on any atom is -0.308 e. The predicted molar refractivity (Wildman–Crippen MR) is 101 cm³/mol. The van der Waals surface area contributed by atoms with E-state index in [0.29, 0.717) is 19.8 Å². The van der Waals surface area contributed by atoms with Crippen molar-refractivity contribution in [3.63, 3.8) is 0 Å². The largest absolute Gasteiger partial charge is 0.351 e. The average Bonchev–Trinajstić information content (AvgIpc) is 2.58. The Morgan fingerprint density at radius 2 is 1.58 bits per heavy atom. The summed E-state index contributed by atoms with van der Waals surface area (Å²) in [6.45, 7) is 4.88. The third-order valence-electron chi connectivity index (χ3n) is 3.46. The molecule has 1 atom stereocenters. The summed E-state index contributed by atoms with van der Waals surface area (Å²) in [5.74, 6) is -0.522. The van der Waals surface area contributed by atoms with Gasteiger partial charge in [0.2, 0.25) is 0 Å². The van der Waals surface area contributed by atoms with Gasteiger partial charge in [0.05, 0.1) is 13.2 Å². The Bertz CT molecular complexity index is 654. The first-order valence-corrected chi connectivity index (χ1v) is 10.4. The van der Waals surface area contributed by atoms with Gasteiger partial charge in [0, 0.05) is 11.0 Å². The number of rotatable bonds is 9. The number of nitrogens with one attached hydrogen (secondary N) is 1. The first-order valence-electron chi connectivity index (χ1n) is 8.00. The van der Waals surface area contributed by atoms with Gasteiger partial charge in [-0.2, -0.15) is 0 Å². The summed E-state index contributed by atoms with van der Waals surface area (Å²) in [5.41, 5.74) is 1.98. The van der Waals surface area contributed by atoms with E-state index in [2.05, 4.69) is 21.2 Å². The molecule has 0 aliphatic carbocycles. The Morgan fingerprint density at radius 3 is 2.12 bits per heavy atom. The topological polar surface area (TPSA) is 47.6 Å². The van der Waals surface area contributed by atoms with E-state index in [1.165, 1.54) is 0 Å². The zero-order valence-electron chi connectivity index (χ0n) is 13.9. The van der Waals surface area contributed by atoms with Crippen molar-refractivity contribution in [2.75, 3.05) is 13.2 Å². The van der Waals surface area contributed by atoms with Crippen molar-refractivity contribution < 1.29 is 13.6 Å². The Labute approximate surface area is 152 Å². The summed E-state index contributed by atoms with van der Waals surface area (Å²) in [6.07, 6.45) is 0. The van der Waals surface area contributed by atoms with E-state index in [9.17, 15) is 4.57 Å². The van der Waals surface area contributed by atoms with Crippen LogP contribution >= 0.6 is 23.5 Å². The fraction of sp³-hybridized carbons (Fsp3) is 0.333. The van der Waals surface area contributed by atoms with E-state index in [1.54, 1.807) is 0 Å². The van der Waals surface area contributed by atoms with E-state index < -0.39 is 13.4 Å². The molecule has 130 valence electrons. The van der Waals surface area contributed by atoms with Gasteiger partial charge in [0.15, 0.2) is 0 Å². The predicted octanol–water partition coefficient (Wildman–Crippen LogP) is 5.50. The fourth-order valence-corrected chi connectivity index (χ4v) is 4.62. The van der Waals surface area contributed by atoms with Crippen LogP contribution < -0.4 is 5.32 Å². The summed E-state index contributed by atoms with van der Waals surface area (Å²) in [7, 11) is -3.33. The van der Waals surface area contributed by atoms with Gasteiger partial charge < -0.3 is 9.05 Å². The molecular weight excluding hydrogens is 389 g/mol. The first kappa shape index (κ1) is 19.4. The van der Waals surface area contributed by atoms with Crippen molar-refractivity contribution >= 4 is 23.5 Å². The van der Waals surface area contributed by atoms with Crippen molar-refractivity contribution in [3.05, 3.63) is 70.2 Å². The summed E-state index contributed by atoms with van der Waals surface area (Å²) in [6, 6.07) is 17.7. The Balaban J connectivity index is 2.29. The molecule has 4 nitrogen and oxygen atoms in total. The highest BCUT2D eigenvalue weighted by atomic mass is 79.9. The Hall–Kier alpha value is -0.970. The number of hydrogen-bond acceptors (Lipinski definition) is 4. The number of hydrogen-bond donors (Lipinski definition) is 1. The number of benzene rings is 2. The molecule has 2 rings (SSSR count). The Kier molecular flexibility index (Phi) is 7.66. The normalized spacial score (nSPS) is 13.0. The third-order valence-corrected chi connectivity index (χ3v) is 6.34. The van der Waals surface area contributed by atoms with Gasteiger partial charge in [-0.15, -0.1) is 0 Å². The molecule has 0 amide bonds. The lowest BCUT2D eigenvalue weighted by molar-refractivity contribution is 0.207. The first-order chi connectivity index (χ1) is 11.6. The molecule has 6 heteroatoms. The summed E-state index contributed by atoms with van der Waals surface area (Å²) in [5, 5.41) is 3.35. The van der Waals surface area contributed by atoms with E-state index in [-0.39, 0.29) is 0 Å². The van der Waals surface area contributed by atoms with Crippen LogP contribution in [-0.4, -0.2) is 13.2 Å². The van der Waals surface area contributed by atoms with Crippen molar-refractivity contribution in [2.45, 2.75) is 26.2 Å². The minimum atomic E-state index is -3.33. The van der Waals surface area contributed by atoms with Crippen LogP contribution in [0.25, 0.3) is 0 Å². The molecule has 0 heterocycles. The second-order valence-corrected chi connectivity index (χ2v) is 8.22. The second kappa shape index (κ2) is 9.50. The van der Waals surface area contributed by atoms with E-state index in [1.807, 2.05) is 68.4 Å². The smallest absolute Gasteiger partial charge is 0.308 e. The zero-order chi connectivity index (χ0) is 17.4. The lowest BCUT2D eigenvalue weighted by Gasteiger charge is -2.27. The van der Waals surface area contributed by atoms with Crippen molar-refractivity contribution in [1.29, 1.82) is 0 Å². The van der Waals surface area contributed by atoms with Gasteiger partial charge in [-0.05, 0) is 37.1 Å². The lowest BCUT2D eigenvalue weighted by atomic mass is 10.2. The zero-order valence-corrected chi connectivity index (χ0v) is 16.4. The van der Waals surface area contributed by atoms with Crippen molar-refractivity contribution in [2.24, 2.45) is 0 Å². The highest BCUT2D eigenvalue weighted by molar-refractivity contribution is 9.10. The molecule has 0 aliphatic heterocycles. The van der Waals surface area contributed by atoms with Gasteiger partial charge in [-0.25, -0.2) is 0 Å². The van der Waals surface area contributed by atoms with E-state index in [0.717, 1.165) is 15.6 Å². The van der Waals surface area contributed by atoms with Gasteiger partial charge in [0.1, 0.15) is 5.78 Å². The molecule has 0 saturated heterocycles. The highest BCUT2D eigenvalue weighted by Gasteiger charge is 2.36. The molecule has 0 bridgehead atoms. The molecule has 0 unspecified atom stereocenters. The Morgan fingerprint density at radius 1 is 1.00 bits per heavy atom. The molecule has 0 radical (unpaired) electrons. The molecule has 0 aliphatic rings. The standard InChI is InChI=1S/C18H23BrNO3P/c1-3-22-24(21,23-4-2)18(16-10-12-17(19)13-11-16)20-14-15-8-6-5-7-9-15/h5-13,18,20H,3-4,14H2,1-2H3/t18-/m1/s1. The monoisotopic (exact) mass is 411 g/mol. The highest BCUT2D eigenvalue weighted by Crippen LogP contribution is 2.59. The number of halogens is 1. The van der Waals surface area contributed by atoms with Crippen LogP contribution in [0.5, 0.6) is 0 Å². The van der Waals surface area contributed by atoms with Crippen LogP contribution in [0.15, 0.2) is 59.1 Å². The maximum Gasteiger partial charge on any atom is 0.351 e. The summed E-state index contributed by atoms with van der Waals surface area (Å²) < 4.78 is 25.4.